The van der Waals surface area contributed by atoms with Crippen LogP contribution in [0.1, 0.15) is 6.42 Å². The van der Waals surface area contributed by atoms with E-state index in [1.54, 1.807) is 18.2 Å². The molecule has 1 aliphatic heterocycles. The van der Waals surface area contributed by atoms with Crippen LogP contribution in [0.25, 0.3) is 0 Å². The largest absolute Gasteiger partial charge is 0.322 e. The van der Waals surface area contributed by atoms with Gasteiger partial charge >= 0.3 is 6.03 Å². The molecule has 1 fully saturated rings. The lowest BCUT2D eigenvalue weighted by molar-refractivity contribution is 0.144. The Labute approximate surface area is 148 Å². The number of amides is 2. The topological polar surface area (TPSA) is 38.8 Å². The Bertz CT molecular complexity index is 511. The number of hydrogen-bond donors (Lipinski definition) is 1. The van der Waals surface area contributed by atoms with Crippen LogP contribution in [-0.4, -0.2) is 74.1 Å². The molecule has 0 unspecified atom stereocenters. The number of rotatable bonds is 5. The minimum atomic E-state index is -0.101. The molecule has 1 saturated heterocycles. The second kappa shape index (κ2) is 8.73. The molecule has 0 aromatic heterocycles. The highest BCUT2D eigenvalue weighted by molar-refractivity contribution is 6.35. The molecule has 128 valence electrons. The summed E-state index contributed by atoms with van der Waals surface area (Å²) in [6.07, 6.45) is 1.15. The van der Waals surface area contributed by atoms with Crippen LogP contribution in [0.3, 0.4) is 0 Å². The number of carbonyl (C=O) groups is 1. The molecule has 0 radical (unpaired) electrons. The molecule has 0 spiro atoms. The van der Waals surface area contributed by atoms with Crippen molar-refractivity contribution in [3.63, 3.8) is 0 Å². The second-order valence-corrected chi connectivity index (χ2v) is 6.95. The van der Waals surface area contributed by atoms with Crippen LogP contribution < -0.4 is 5.32 Å². The SMILES string of the molecule is CN(C)CCCN1CCN(C(=O)Nc2cc(Cl)cc(Cl)c2)CC1. The number of piperazine rings is 1. The van der Waals surface area contributed by atoms with E-state index < -0.39 is 0 Å². The molecule has 1 aromatic rings. The summed E-state index contributed by atoms with van der Waals surface area (Å²) >= 11 is 11.9. The van der Waals surface area contributed by atoms with E-state index in [-0.39, 0.29) is 6.03 Å². The van der Waals surface area contributed by atoms with Crippen molar-refractivity contribution in [2.24, 2.45) is 0 Å². The van der Waals surface area contributed by atoms with Crippen molar-refractivity contribution in [2.45, 2.75) is 6.42 Å². The van der Waals surface area contributed by atoms with Crippen LogP contribution in [0.4, 0.5) is 10.5 Å². The Hall–Kier alpha value is -1.01. The molecule has 5 nitrogen and oxygen atoms in total. The third kappa shape index (κ3) is 6.18. The maximum Gasteiger partial charge on any atom is 0.321 e. The number of halogens is 2. The van der Waals surface area contributed by atoms with E-state index in [2.05, 4.69) is 29.2 Å². The molecule has 1 aromatic carbocycles. The molecular weight excluding hydrogens is 335 g/mol. The fourth-order valence-corrected chi connectivity index (χ4v) is 3.14. The number of benzene rings is 1. The first-order valence-electron chi connectivity index (χ1n) is 7.83. The van der Waals surface area contributed by atoms with Crippen molar-refractivity contribution in [1.82, 2.24) is 14.7 Å². The first kappa shape index (κ1) is 18.3. The van der Waals surface area contributed by atoms with Gasteiger partial charge in [-0.1, -0.05) is 23.2 Å². The summed E-state index contributed by atoms with van der Waals surface area (Å²) in [5, 5.41) is 3.88. The van der Waals surface area contributed by atoms with Crippen molar-refractivity contribution < 1.29 is 4.79 Å². The van der Waals surface area contributed by atoms with Gasteiger partial charge in [0.1, 0.15) is 0 Å². The summed E-state index contributed by atoms with van der Waals surface area (Å²) in [7, 11) is 4.18. The van der Waals surface area contributed by atoms with E-state index in [1.807, 2.05) is 4.90 Å². The first-order chi connectivity index (χ1) is 10.9. The van der Waals surface area contributed by atoms with Crippen molar-refractivity contribution >= 4 is 34.9 Å². The van der Waals surface area contributed by atoms with E-state index >= 15 is 0 Å². The Morgan fingerprint density at radius 1 is 1.13 bits per heavy atom. The van der Waals surface area contributed by atoms with Crippen molar-refractivity contribution in [3.05, 3.63) is 28.2 Å². The summed E-state index contributed by atoms with van der Waals surface area (Å²) in [5.74, 6) is 0. The molecule has 1 aliphatic rings. The zero-order chi connectivity index (χ0) is 16.8. The lowest BCUT2D eigenvalue weighted by Crippen LogP contribution is -2.50. The summed E-state index contributed by atoms with van der Waals surface area (Å²) in [6, 6.07) is 4.94. The van der Waals surface area contributed by atoms with E-state index in [0.717, 1.165) is 45.7 Å². The van der Waals surface area contributed by atoms with Gasteiger partial charge in [-0.05, 0) is 51.8 Å². The molecule has 0 aliphatic carbocycles. The van der Waals surface area contributed by atoms with Crippen LogP contribution in [0.15, 0.2) is 18.2 Å². The van der Waals surface area contributed by atoms with Gasteiger partial charge in [-0.2, -0.15) is 0 Å². The highest BCUT2D eigenvalue weighted by Gasteiger charge is 2.21. The number of nitrogens with zero attached hydrogens (tertiary/aromatic N) is 3. The average molecular weight is 359 g/mol. The molecule has 7 heteroatoms. The molecule has 1 N–H and O–H groups in total. The van der Waals surface area contributed by atoms with E-state index in [0.29, 0.717) is 15.7 Å². The molecule has 1 heterocycles. The van der Waals surface area contributed by atoms with E-state index in [1.165, 1.54) is 0 Å². The smallest absolute Gasteiger partial charge is 0.321 e. The summed E-state index contributed by atoms with van der Waals surface area (Å²) in [4.78, 5) is 18.7. The predicted molar refractivity (Wildman–Crippen MR) is 96.7 cm³/mol. The third-order valence-electron chi connectivity index (χ3n) is 3.85. The van der Waals surface area contributed by atoms with Crippen LogP contribution in [0.5, 0.6) is 0 Å². The molecular formula is C16H24Cl2N4O. The Kier molecular flexibility index (Phi) is 6.96. The number of nitrogens with one attached hydrogen (secondary N) is 1. The normalized spacial score (nSPS) is 16.0. The maximum absolute atomic E-state index is 12.3. The zero-order valence-electron chi connectivity index (χ0n) is 13.7. The molecule has 2 amide bonds. The van der Waals surface area contributed by atoms with Gasteiger partial charge in [-0.25, -0.2) is 4.79 Å². The maximum atomic E-state index is 12.3. The van der Waals surface area contributed by atoms with Gasteiger partial charge in [0, 0.05) is 41.9 Å². The van der Waals surface area contributed by atoms with E-state index in [9.17, 15) is 4.79 Å². The van der Waals surface area contributed by atoms with Gasteiger partial charge in [0.05, 0.1) is 0 Å². The lowest BCUT2D eigenvalue weighted by Gasteiger charge is -2.34. The molecule has 23 heavy (non-hydrogen) atoms. The van der Waals surface area contributed by atoms with Gasteiger partial charge in [-0.3, -0.25) is 4.90 Å². The predicted octanol–water partition coefficient (Wildman–Crippen LogP) is 3.09. The summed E-state index contributed by atoms with van der Waals surface area (Å²) < 4.78 is 0. The summed E-state index contributed by atoms with van der Waals surface area (Å²) in [5.41, 5.74) is 0.626. The molecule has 0 atom stereocenters. The zero-order valence-corrected chi connectivity index (χ0v) is 15.2. The van der Waals surface area contributed by atoms with Gasteiger partial charge < -0.3 is 15.1 Å². The minimum absolute atomic E-state index is 0.101. The van der Waals surface area contributed by atoms with Gasteiger partial charge in [-0.15, -0.1) is 0 Å². The minimum Gasteiger partial charge on any atom is -0.322 e. The molecule has 0 saturated carbocycles. The quantitative estimate of drug-likeness (QED) is 0.878. The Morgan fingerprint density at radius 3 is 2.30 bits per heavy atom. The highest BCUT2D eigenvalue weighted by Crippen LogP contribution is 2.22. The number of anilines is 1. The van der Waals surface area contributed by atoms with Crippen molar-refractivity contribution in [2.75, 3.05) is 58.7 Å². The van der Waals surface area contributed by atoms with Gasteiger partial charge in [0.25, 0.3) is 0 Å². The number of hydrogen-bond acceptors (Lipinski definition) is 3. The Balaban J connectivity index is 1.77. The monoisotopic (exact) mass is 358 g/mol. The van der Waals surface area contributed by atoms with Crippen molar-refractivity contribution in [3.8, 4) is 0 Å². The standard InChI is InChI=1S/C16H24Cl2N4O/c1-20(2)4-3-5-21-6-8-22(9-7-21)16(23)19-15-11-13(17)10-14(18)12-15/h10-12H,3-9H2,1-2H3,(H,19,23). The van der Waals surface area contributed by atoms with Crippen LogP contribution in [0, 0.1) is 0 Å². The average Bonchev–Trinajstić information content (AvgIpc) is 2.46. The van der Waals surface area contributed by atoms with Crippen LogP contribution in [0.2, 0.25) is 10.0 Å². The van der Waals surface area contributed by atoms with Gasteiger partial charge in [0.2, 0.25) is 0 Å². The first-order valence-corrected chi connectivity index (χ1v) is 8.59. The van der Waals surface area contributed by atoms with E-state index in [4.69, 9.17) is 23.2 Å². The van der Waals surface area contributed by atoms with Gasteiger partial charge in [0.15, 0.2) is 0 Å². The van der Waals surface area contributed by atoms with Crippen LogP contribution >= 0.6 is 23.2 Å². The summed E-state index contributed by atoms with van der Waals surface area (Å²) in [6.45, 7) is 5.48. The fourth-order valence-electron chi connectivity index (χ4n) is 2.61. The number of urea groups is 1. The molecule has 0 bridgehead atoms. The highest BCUT2D eigenvalue weighted by atomic mass is 35.5. The Morgan fingerprint density at radius 2 is 1.74 bits per heavy atom. The van der Waals surface area contributed by atoms with Crippen molar-refractivity contribution in [1.29, 1.82) is 0 Å². The lowest BCUT2D eigenvalue weighted by atomic mass is 10.3. The van der Waals surface area contributed by atoms with Crippen LogP contribution in [-0.2, 0) is 0 Å². The molecule has 2 rings (SSSR count). The number of carbonyl (C=O) groups excluding carboxylic acids is 1. The third-order valence-corrected chi connectivity index (χ3v) is 4.29. The second-order valence-electron chi connectivity index (χ2n) is 6.07. The fraction of sp³-hybridized carbons (Fsp3) is 0.562.